The molecule has 1 aromatic rings. The number of amides is 1. The summed E-state index contributed by atoms with van der Waals surface area (Å²) in [7, 11) is 0. The number of nitrogens with two attached hydrogens (primary N) is 1. The van der Waals surface area contributed by atoms with E-state index in [1.165, 1.54) is 6.92 Å². The van der Waals surface area contributed by atoms with Crippen molar-refractivity contribution in [1.82, 2.24) is 0 Å². The van der Waals surface area contributed by atoms with Crippen molar-refractivity contribution in [2.24, 2.45) is 0 Å². The van der Waals surface area contributed by atoms with E-state index in [2.05, 4.69) is 5.32 Å². The van der Waals surface area contributed by atoms with Gasteiger partial charge in [-0.05, 0) is 17.5 Å². The van der Waals surface area contributed by atoms with Gasteiger partial charge in [0.25, 0.3) is 0 Å². The van der Waals surface area contributed by atoms with Gasteiger partial charge in [0, 0.05) is 12.5 Å². The number of hydrogen-bond acceptors (Lipinski definition) is 3. The van der Waals surface area contributed by atoms with Gasteiger partial charge in [-0.15, -0.1) is 0 Å². The lowest BCUT2D eigenvalue weighted by molar-refractivity contribution is -0.114. The molecule has 0 aliphatic heterocycles. The zero-order chi connectivity index (χ0) is 12.3. The van der Waals surface area contributed by atoms with Crippen molar-refractivity contribution >= 4 is 23.6 Å². The predicted molar refractivity (Wildman–Crippen MR) is 64.6 cm³/mol. The number of carbonyl (C=O) groups excluding carboxylic acids is 2. The molecule has 0 atom stereocenters. The van der Waals surface area contributed by atoms with Crippen LogP contribution in [0.1, 0.15) is 42.6 Å². The summed E-state index contributed by atoms with van der Waals surface area (Å²) < 4.78 is 0. The lowest BCUT2D eigenvalue weighted by Gasteiger charge is -2.16. The number of rotatable bonds is 3. The summed E-state index contributed by atoms with van der Waals surface area (Å²) in [6.45, 7) is 5.42. The Balaban J connectivity index is 3.35. The summed E-state index contributed by atoms with van der Waals surface area (Å²) in [6.07, 6.45) is 0.685. The maximum atomic E-state index is 11.1. The fourth-order valence-electron chi connectivity index (χ4n) is 1.55. The van der Waals surface area contributed by atoms with E-state index in [9.17, 15) is 9.59 Å². The van der Waals surface area contributed by atoms with Crippen molar-refractivity contribution in [3.8, 4) is 0 Å². The van der Waals surface area contributed by atoms with Crippen molar-refractivity contribution in [3.05, 3.63) is 23.3 Å². The van der Waals surface area contributed by atoms with Crippen molar-refractivity contribution in [2.45, 2.75) is 26.7 Å². The number of benzene rings is 1. The van der Waals surface area contributed by atoms with Gasteiger partial charge in [0.2, 0.25) is 5.91 Å². The summed E-state index contributed by atoms with van der Waals surface area (Å²) in [5, 5.41) is 2.67. The molecule has 0 heterocycles. The van der Waals surface area contributed by atoms with Gasteiger partial charge in [-0.2, -0.15) is 0 Å². The quantitative estimate of drug-likeness (QED) is 0.605. The predicted octanol–water partition coefficient (Wildman–Crippen LogP) is 2.16. The Bertz CT molecular complexity index is 425. The second kappa shape index (κ2) is 4.79. The summed E-state index contributed by atoms with van der Waals surface area (Å²) in [5.74, 6) is 0.0292. The highest BCUT2D eigenvalue weighted by Gasteiger charge is 2.13. The molecular weight excluding hydrogens is 204 g/mol. The monoisotopic (exact) mass is 220 g/mol. The molecule has 0 aromatic heterocycles. The van der Waals surface area contributed by atoms with E-state index in [1.807, 2.05) is 19.9 Å². The molecular formula is C12H16N2O2. The Morgan fingerprint density at radius 1 is 1.44 bits per heavy atom. The van der Waals surface area contributed by atoms with Crippen molar-refractivity contribution < 1.29 is 9.59 Å². The van der Waals surface area contributed by atoms with Gasteiger partial charge in [0.15, 0.2) is 6.29 Å². The highest BCUT2D eigenvalue weighted by molar-refractivity contribution is 5.98. The summed E-state index contributed by atoms with van der Waals surface area (Å²) in [4.78, 5) is 21.8. The van der Waals surface area contributed by atoms with E-state index in [-0.39, 0.29) is 11.8 Å². The molecule has 16 heavy (non-hydrogen) atoms. The smallest absolute Gasteiger partial charge is 0.221 e. The largest absolute Gasteiger partial charge is 0.396 e. The van der Waals surface area contributed by atoms with E-state index in [0.717, 1.165) is 5.56 Å². The maximum Gasteiger partial charge on any atom is 0.221 e. The summed E-state index contributed by atoms with van der Waals surface area (Å²) >= 11 is 0. The normalized spacial score (nSPS) is 10.2. The van der Waals surface area contributed by atoms with Gasteiger partial charge >= 0.3 is 0 Å². The van der Waals surface area contributed by atoms with Crippen LogP contribution in [-0.2, 0) is 4.79 Å². The standard InChI is InChI=1S/C12H16N2O2/c1-7(2)10-5-4-9(6-15)11(13)12(10)14-8(3)16/h4-7H,13H2,1-3H3,(H,14,16). The van der Waals surface area contributed by atoms with Crippen LogP contribution in [0.2, 0.25) is 0 Å². The number of nitrogens with one attached hydrogen (secondary N) is 1. The third kappa shape index (κ3) is 2.39. The zero-order valence-electron chi connectivity index (χ0n) is 9.70. The van der Waals surface area contributed by atoms with Crippen LogP contribution in [0.15, 0.2) is 12.1 Å². The van der Waals surface area contributed by atoms with Gasteiger partial charge in [-0.25, -0.2) is 0 Å². The molecule has 0 fully saturated rings. The zero-order valence-corrected chi connectivity index (χ0v) is 9.70. The topological polar surface area (TPSA) is 72.2 Å². The SMILES string of the molecule is CC(=O)Nc1c(C(C)C)ccc(C=O)c1N. The Hall–Kier alpha value is -1.84. The van der Waals surface area contributed by atoms with Crippen LogP contribution in [0.5, 0.6) is 0 Å². The lowest BCUT2D eigenvalue weighted by Crippen LogP contribution is -2.12. The second-order valence-electron chi connectivity index (χ2n) is 3.99. The minimum Gasteiger partial charge on any atom is -0.396 e. The molecule has 0 saturated heterocycles. The van der Waals surface area contributed by atoms with E-state index in [0.29, 0.717) is 23.2 Å². The average molecular weight is 220 g/mol. The van der Waals surface area contributed by atoms with E-state index >= 15 is 0 Å². The molecule has 0 aliphatic rings. The van der Waals surface area contributed by atoms with Crippen molar-refractivity contribution in [3.63, 3.8) is 0 Å². The van der Waals surface area contributed by atoms with E-state index < -0.39 is 0 Å². The number of aldehydes is 1. The Kier molecular flexibility index (Phi) is 3.66. The maximum absolute atomic E-state index is 11.1. The first kappa shape index (κ1) is 12.2. The Labute approximate surface area is 94.8 Å². The molecule has 0 radical (unpaired) electrons. The molecule has 3 N–H and O–H groups in total. The van der Waals surface area contributed by atoms with Crippen LogP contribution in [0.25, 0.3) is 0 Å². The molecule has 1 rings (SSSR count). The minimum atomic E-state index is -0.198. The van der Waals surface area contributed by atoms with Gasteiger partial charge in [0.05, 0.1) is 11.4 Å². The Morgan fingerprint density at radius 3 is 2.50 bits per heavy atom. The van der Waals surface area contributed by atoms with Crippen molar-refractivity contribution in [2.75, 3.05) is 11.1 Å². The molecule has 86 valence electrons. The molecule has 4 heteroatoms. The van der Waals surface area contributed by atoms with Crippen LogP contribution in [-0.4, -0.2) is 12.2 Å². The summed E-state index contributed by atoms with van der Waals surface area (Å²) in [5.41, 5.74) is 8.04. The summed E-state index contributed by atoms with van der Waals surface area (Å²) in [6, 6.07) is 3.49. The van der Waals surface area contributed by atoms with E-state index in [1.54, 1.807) is 6.07 Å². The highest BCUT2D eigenvalue weighted by Crippen LogP contribution is 2.31. The fourth-order valence-corrected chi connectivity index (χ4v) is 1.55. The molecule has 0 spiro atoms. The van der Waals surface area contributed by atoms with Gasteiger partial charge < -0.3 is 11.1 Å². The van der Waals surface area contributed by atoms with Crippen LogP contribution < -0.4 is 11.1 Å². The average Bonchev–Trinajstić information content (AvgIpc) is 2.19. The van der Waals surface area contributed by atoms with Crippen LogP contribution in [0.4, 0.5) is 11.4 Å². The third-order valence-corrected chi connectivity index (χ3v) is 2.36. The Morgan fingerprint density at radius 2 is 2.06 bits per heavy atom. The van der Waals surface area contributed by atoms with Gasteiger partial charge in [0.1, 0.15) is 0 Å². The molecule has 0 saturated carbocycles. The van der Waals surface area contributed by atoms with Crippen LogP contribution in [0.3, 0.4) is 0 Å². The molecule has 1 amide bonds. The van der Waals surface area contributed by atoms with Crippen LogP contribution in [0, 0.1) is 0 Å². The number of carbonyl (C=O) groups is 2. The molecule has 4 nitrogen and oxygen atoms in total. The number of nitrogen functional groups attached to an aromatic ring is 1. The van der Waals surface area contributed by atoms with E-state index in [4.69, 9.17) is 5.73 Å². The highest BCUT2D eigenvalue weighted by atomic mass is 16.1. The first-order chi connectivity index (χ1) is 7.47. The molecule has 1 aromatic carbocycles. The lowest BCUT2D eigenvalue weighted by atomic mass is 9.97. The number of hydrogen-bond donors (Lipinski definition) is 2. The van der Waals surface area contributed by atoms with Gasteiger partial charge in [-0.1, -0.05) is 19.9 Å². The van der Waals surface area contributed by atoms with Crippen LogP contribution >= 0.6 is 0 Å². The fraction of sp³-hybridized carbons (Fsp3) is 0.333. The molecule has 0 unspecified atom stereocenters. The first-order valence-electron chi connectivity index (χ1n) is 5.12. The number of anilines is 2. The molecule has 0 bridgehead atoms. The second-order valence-corrected chi connectivity index (χ2v) is 3.99. The first-order valence-corrected chi connectivity index (χ1v) is 5.12. The minimum absolute atomic E-state index is 0.198. The molecule has 0 aliphatic carbocycles. The third-order valence-electron chi connectivity index (χ3n) is 2.36. The van der Waals surface area contributed by atoms with Crippen molar-refractivity contribution in [1.29, 1.82) is 0 Å². The van der Waals surface area contributed by atoms with Gasteiger partial charge in [-0.3, -0.25) is 9.59 Å².